The van der Waals surface area contributed by atoms with Crippen molar-refractivity contribution in [2.24, 2.45) is 5.73 Å². The first-order valence-corrected chi connectivity index (χ1v) is 9.62. The molecule has 0 saturated heterocycles. The number of rotatable bonds is 12. The summed E-state index contributed by atoms with van der Waals surface area (Å²) in [5.74, 6) is -0.693. The summed E-state index contributed by atoms with van der Waals surface area (Å²) in [7, 11) is 1.54. The van der Waals surface area contributed by atoms with Gasteiger partial charge in [0, 0.05) is 50.4 Å². The Morgan fingerprint density at radius 3 is 2.48 bits per heavy atom. The summed E-state index contributed by atoms with van der Waals surface area (Å²) in [5, 5.41) is 23.8. The lowest BCUT2D eigenvalue weighted by molar-refractivity contribution is -0.384. The molecular weight excluding hydrogens is 408 g/mol. The van der Waals surface area contributed by atoms with E-state index in [-0.39, 0.29) is 42.4 Å². The Bertz CT molecular complexity index is 818. The minimum absolute atomic E-state index is 0.0446. The van der Waals surface area contributed by atoms with E-state index >= 15 is 0 Å². The third kappa shape index (κ3) is 8.13. The molecule has 0 aromatic heterocycles. The van der Waals surface area contributed by atoms with Gasteiger partial charge in [-0.3, -0.25) is 19.8 Å². The van der Waals surface area contributed by atoms with Gasteiger partial charge < -0.3 is 25.6 Å². The molecule has 0 aliphatic rings. The van der Waals surface area contributed by atoms with Crippen LogP contribution in [0.5, 0.6) is 5.75 Å². The number of anilines is 1. The van der Waals surface area contributed by atoms with Crippen LogP contribution in [0.2, 0.25) is 0 Å². The van der Waals surface area contributed by atoms with Crippen molar-refractivity contribution in [3.63, 3.8) is 0 Å². The Balaban J connectivity index is 3.03. The molecule has 0 radical (unpaired) electrons. The number of nitrogens with zero attached hydrogens (tertiary/aromatic N) is 2. The molecule has 0 aliphatic carbocycles. The quantitative estimate of drug-likeness (QED) is 0.194. The van der Waals surface area contributed by atoms with Gasteiger partial charge in [-0.25, -0.2) is 4.79 Å². The molecule has 4 N–H and O–H groups in total. The molecule has 31 heavy (non-hydrogen) atoms. The average molecular weight is 438 g/mol. The monoisotopic (exact) mass is 438 g/mol. The molecule has 0 spiro atoms. The van der Waals surface area contributed by atoms with E-state index in [1.165, 1.54) is 11.0 Å². The zero-order chi connectivity index (χ0) is 23.6. The molecule has 11 nitrogen and oxygen atoms in total. The highest BCUT2D eigenvalue weighted by Gasteiger charge is 2.25. The van der Waals surface area contributed by atoms with Gasteiger partial charge in [-0.15, -0.1) is 0 Å². The Morgan fingerprint density at radius 2 is 1.97 bits per heavy atom. The molecule has 11 heteroatoms. The zero-order valence-electron chi connectivity index (χ0n) is 18.2. The number of carboxylic acid groups (broad SMARTS) is 1. The minimum Gasteiger partial charge on any atom is -0.491 e. The summed E-state index contributed by atoms with van der Waals surface area (Å²) in [5.41, 5.74) is 4.41. The first-order chi connectivity index (χ1) is 14.5. The Hall–Kier alpha value is -3.34. The van der Waals surface area contributed by atoms with Gasteiger partial charge in [-0.1, -0.05) is 12.2 Å². The van der Waals surface area contributed by atoms with Crippen molar-refractivity contribution in [2.45, 2.75) is 32.7 Å². The number of ether oxygens (including phenoxy) is 2. The highest BCUT2D eigenvalue weighted by atomic mass is 16.6. The van der Waals surface area contributed by atoms with Crippen LogP contribution >= 0.6 is 0 Å². The molecule has 0 fully saturated rings. The van der Waals surface area contributed by atoms with Gasteiger partial charge in [0.1, 0.15) is 5.75 Å². The number of amides is 2. The first-order valence-electron chi connectivity index (χ1n) is 9.62. The number of methoxy groups -OCH3 is 1. The number of nitrogens with two attached hydrogens (primary N) is 1. The average Bonchev–Trinajstić information content (AvgIpc) is 2.66. The van der Waals surface area contributed by atoms with Gasteiger partial charge in [0.05, 0.1) is 11.5 Å². The molecule has 0 unspecified atom stereocenters. The molecule has 0 bridgehead atoms. The first kappa shape index (κ1) is 25.7. The maximum atomic E-state index is 11.6. The van der Waals surface area contributed by atoms with E-state index < -0.39 is 22.5 Å². The predicted octanol–water partition coefficient (Wildman–Crippen LogP) is 2.86. The zero-order valence-corrected chi connectivity index (χ0v) is 18.2. The second-order valence-electron chi connectivity index (χ2n) is 7.60. The van der Waals surface area contributed by atoms with Crippen LogP contribution in [0.1, 0.15) is 37.6 Å². The SMILES string of the molecule is COCCCOc1cc(C(N)=O)cc([N+](=O)[O-])c1NCC=CCN(C(=O)O)C(C)(C)C. The van der Waals surface area contributed by atoms with Gasteiger partial charge >= 0.3 is 6.09 Å². The van der Waals surface area contributed by atoms with E-state index in [1.54, 1.807) is 40.0 Å². The molecular formula is C20H30N4O7. The van der Waals surface area contributed by atoms with Crippen molar-refractivity contribution in [1.82, 2.24) is 4.90 Å². The van der Waals surface area contributed by atoms with Gasteiger partial charge in [-0.05, 0) is 26.8 Å². The fourth-order valence-electron chi connectivity index (χ4n) is 2.63. The second-order valence-corrected chi connectivity index (χ2v) is 7.60. The van der Waals surface area contributed by atoms with E-state index in [1.807, 2.05) is 0 Å². The number of primary amides is 1. The molecule has 0 heterocycles. The van der Waals surface area contributed by atoms with Crippen molar-refractivity contribution in [2.75, 3.05) is 38.7 Å². The van der Waals surface area contributed by atoms with Crippen LogP contribution < -0.4 is 15.8 Å². The van der Waals surface area contributed by atoms with E-state index in [0.717, 1.165) is 6.07 Å². The molecule has 1 aromatic rings. The summed E-state index contributed by atoms with van der Waals surface area (Å²) in [6.45, 7) is 6.33. The van der Waals surface area contributed by atoms with Crippen LogP contribution in [0.15, 0.2) is 24.3 Å². The summed E-state index contributed by atoms with van der Waals surface area (Å²) in [4.78, 5) is 35.1. The third-order valence-corrected chi connectivity index (χ3v) is 4.20. The number of hydrogen-bond donors (Lipinski definition) is 3. The molecule has 0 atom stereocenters. The lowest BCUT2D eigenvalue weighted by Gasteiger charge is -2.32. The van der Waals surface area contributed by atoms with Crippen LogP contribution in [0, 0.1) is 10.1 Å². The highest BCUT2D eigenvalue weighted by molar-refractivity contribution is 5.95. The Kier molecular flexibility index (Phi) is 9.74. The van der Waals surface area contributed by atoms with E-state index in [4.69, 9.17) is 15.2 Å². The molecule has 1 rings (SSSR count). The summed E-state index contributed by atoms with van der Waals surface area (Å²) >= 11 is 0. The normalized spacial score (nSPS) is 11.4. The smallest absolute Gasteiger partial charge is 0.408 e. The fourth-order valence-corrected chi connectivity index (χ4v) is 2.63. The van der Waals surface area contributed by atoms with Crippen molar-refractivity contribution < 1.29 is 29.1 Å². The van der Waals surface area contributed by atoms with Crippen LogP contribution in [0.3, 0.4) is 0 Å². The van der Waals surface area contributed by atoms with Crippen LogP contribution in [0.4, 0.5) is 16.2 Å². The van der Waals surface area contributed by atoms with Crippen molar-refractivity contribution >= 4 is 23.4 Å². The Labute approximate surface area is 180 Å². The van der Waals surface area contributed by atoms with Gasteiger partial charge in [0.15, 0.2) is 5.69 Å². The number of nitro groups is 1. The van der Waals surface area contributed by atoms with Gasteiger partial charge in [0.2, 0.25) is 5.91 Å². The maximum Gasteiger partial charge on any atom is 0.408 e. The topological polar surface area (TPSA) is 157 Å². The van der Waals surface area contributed by atoms with Crippen molar-refractivity contribution in [1.29, 1.82) is 0 Å². The summed E-state index contributed by atoms with van der Waals surface area (Å²) in [6.07, 6.45) is 2.80. The summed E-state index contributed by atoms with van der Waals surface area (Å²) in [6, 6.07) is 2.43. The van der Waals surface area contributed by atoms with Crippen molar-refractivity contribution in [3.05, 3.63) is 40.0 Å². The number of hydrogen-bond acceptors (Lipinski definition) is 7. The lowest BCUT2D eigenvalue weighted by atomic mass is 10.1. The molecule has 0 saturated carbocycles. The van der Waals surface area contributed by atoms with E-state index in [2.05, 4.69) is 5.32 Å². The minimum atomic E-state index is -1.05. The molecule has 1 aromatic carbocycles. The molecule has 2 amide bonds. The van der Waals surface area contributed by atoms with Gasteiger partial charge in [0.25, 0.3) is 5.69 Å². The second kappa shape index (κ2) is 11.7. The summed E-state index contributed by atoms with van der Waals surface area (Å²) < 4.78 is 10.6. The number of nitrogens with one attached hydrogen (secondary N) is 1. The van der Waals surface area contributed by atoms with E-state index in [0.29, 0.717) is 13.0 Å². The molecule has 0 aliphatic heterocycles. The Morgan fingerprint density at radius 1 is 1.29 bits per heavy atom. The van der Waals surface area contributed by atoms with Gasteiger partial charge in [-0.2, -0.15) is 0 Å². The van der Waals surface area contributed by atoms with Crippen molar-refractivity contribution in [3.8, 4) is 5.75 Å². The fraction of sp³-hybridized carbons (Fsp3) is 0.500. The number of benzene rings is 1. The van der Waals surface area contributed by atoms with Crippen LogP contribution in [-0.4, -0.2) is 65.9 Å². The maximum absolute atomic E-state index is 11.6. The van der Waals surface area contributed by atoms with Crippen LogP contribution in [-0.2, 0) is 4.74 Å². The highest BCUT2D eigenvalue weighted by Crippen LogP contribution is 2.36. The van der Waals surface area contributed by atoms with E-state index in [9.17, 15) is 24.8 Å². The predicted molar refractivity (Wildman–Crippen MR) is 116 cm³/mol. The third-order valence-electron chi connectivity index (χ3n) is 4.20. The lowest BCUT2D eigenvalue weighted by Crippen LogP contribution is -2.44. The number of carbonyl (C=O) groups excluding carboxylic acids is 1. The number of carbonyl (C=O) groups is 2. The standard InChI is InChI=1S/C20H30N4O7/c1-20(2,3)23(19(26)27)9-6-5-8-22-17-15(24(28)29)12-14(18(21)25)13-16(17)31-11-7-10-30-4/h5-6,12-13,22H,7-11H2,1-4H3,(H2,21,25)(H,26,27). The largest absolute Gasteiger partial charge is 0.491 e. The van der Waals surface area contributed by atoms with Crippen LogP contribution in [0.25, 0.3) is 0 Å². The number of nitro benzene ring substituents is 1. The molecule has 172 valence electrons.